The maximum atomic E-state index is 9.94. The molecule has 0 fully saturated rings. The van der Waals surface area contributed by atoms with Crippen molar-refractivity contribution >= 4 is 0 Å². The first-order chi connectivity index (χ1) is 3.18. The van der Waals surface area contributed by atoms with E-state index in [4.69, 9.17) is 5.21 Å². The minimum atomic E-state index is 0. The standard InChI is InChI=1S/C2H7N3O2.Na.H/c1-4(2)5(7)3-6;;/h6H,1-2H3;;/q;+1;-1. The van der Waals surface area contributed by atoms with Crippen LogP contribution in [0, 0.1) is 5.21 Å². The van der Waals surface area contributed by atoms with Gasteiger partial charge in [-0.2, -0.15) is 5.01 Å². The van der Waals surface area contributed by atoms with Crippen LogP contribution in [0.4, 0.5) is 0 Å². The van der Waals surface area contributed by atoms with Gasteiger partial charge in [0.1, 0.15) is 0 Å². The van der Waals surface area contributed by atoms with Gasteiger partial charge in [0.25, 0.3) is 0 Å². The molecular formula is C2H8N3NaO2. The van der Waals surface area contributed by atoms with Gasteiger partial charge in [-0.05, 0) is 0 Å². The molecule has 0 heterocycles. The van der Waals surface area contributed by atoms with Crippen LogP contribution in [0.5, 0.6) is 0 Å². The first kappa shape index (κ1) is 10.9. The molecule has 0 atom stereocenters. The zero-order valence-electron chi connectivity index (χ0n) is 6.20. The Morgan fingerprint density at radius 1 is 1.75 bits per heavy atom. The van der Waals surface area contributed by atoms with Gasteiger partial charge in [0.2, 0.25) is 5.28 Å². The molecule has 8 heavy (non-hydrogen) atoms. The number of hydrogen-bond acceptors (Lipinski definition) is 2. The molecule has 0 radical (unpaired) electrons. The van der Waals surface area contributed by atoms with Crippen LogP contribution in [0.1, 0.15) is 1.43 Å². The average molecular weight is 129 g/mol. The van der Waals surface area contributed by atoms with Gasteiger partial charge in [0, 0.05) is 0 Å². The van der Waals surface area contributed by atoms with Crippen LogP contribution < -0.4 is 29.6 Å². The Bertz CT molecular complexity index is 87.9. The summed E-state index contributed by atoms with van der Waals surface area (Å²) in [6.45, 7) is 0. The van der Waals surface area contributed by atoms with Gasteiger partial charge >= 0.3 is 29.6 Å². The molecule has 0 aliphatic carbocycles. The van der Waals surface area contributed by atoms with Crippen molar-refractivity contribution in [1.29, 1.82) is 0 Å². The molecule has 0 aliphatic heterocycles. The zero-order valence-corrected chi connectivity index (χ0v) is 7.20. The molecule has 0 aromatic rings. The van der Waals surface area contributed by atoms with E-state index in [2.05, 4.69) is 5.28 Å². The second-order valence-corrected chi connectivity index (χ2v) is 1.19. The SMILES string of the molecule is CN(C)[N+]([O-])=NO.[H-].[Na+]. The smallest absolute Gasteiger partial charge is 1.00 e. The Balaban J connectivity index is -0.000000180. The van der Waals surface area contributed by atoms with Gasteiger partial charge < -0.3 is 11.8 Å². The van der Waals surface area contributed by atoms with E-state index in [0.29, 0.717) is 0 Å². The summed E-state index contributed by atoms with van der Waals surface area (Å²) >= 11 is 0. The van der Waals surface area contributed by atoms with Crippen LogP contribution in [-0.2, 0) is 0 Å². The Kier molecular flexibility index (Phi) is 7.00. The van der Waals surface area contributed by atoms with Gasteiger partial charge in [0.05, 0.1) is 19.1 Å². The summed E-state index contributed by atoms with van der Waals surface area (Å²) in [5.41, 5.74) is 0. The molecule has 44 valence electrons. The zero-order chi connectivity index (χ0) is 5.86. The first-order valence-electron chi connectivity index (χ1n) is 1.68. The van der Waals surface area contributed by atoms with E-state index in [0.717, 1.165) is 5.01 Å². The number of nitrogens with zero attached hydrogens (tertiary/aromatic N) is 3. The largest absolute Gasteiger partial charge is 1.00 e. The summed E-state index contributed by atoms with van der Waals surface area (Å²) in [4.78, 5) is 0.0556. The molecule has 0 bridgehead atoms. The fourth-order valence-corrected chi connectivity index (χ4v) is 0.0800. The summed E-state index contributed by atoms with van der Waals surface area (Å²) < 4.78 is 0. The van der Waals surface area contributed by atoms with E-state index in [-0.39, 0.29) is 36.0 Å². The van der Waals surface area contributed by atoms with Gasteiger partial charge in [-0.3, -0.25) is 0 Å². The molecule has 0 rings (SSSR count). The van der Waals surface area contributed by atoms with Crippen molar-refractivity contribution in [3.05, 3.63) is 5.21 Å². The molecule has 6 heteroatoms. The quantitative estimate of drug-likeness (QED) is 0.177. The Hall–Kier alpha value is 0. The summed E-state index contributed by atoms with van der Waals surface area (Å²) in [5.74, 6) is 0. The van der Waals surface area contributed by atoms with Gasteiger partial charge in [-0.25, -0.2) is 0 Å². The molecule has 0 saturated carbocycles. The second-order valence-electron chi connectivity index (χ2n) is 1.19. The minimum absolute atomic E-state index is 0. The van der Waals surface area contributed by atoms with Crippen molar-refractivity contribution in [2.75, 3.05) is 14.1 Å². The van der Waals surface area contributed by atoms with E-state index in [1.54, 1.807) is 0 Å². The predicted molar refractivity (Wildman–Crippen MR) is 22.6 cm³/mol. The van der Waals surface area contributed by atoms with E-state index >= 15 is 0 Å². The predicted octanol–water partition coefficient (Wildman–Crippen LogP) is -3.07. The van der Waals surface area contributed by atoms with Crippen LogP contribution in [0.2, 0.25) is 0 Å². The van der Waals surface area contributed by atoms with Gasteiger partial charge in [0.15, 0.2) is 0 Å². The van der Waals surface area contributed by atoms with E-state index in [9.17, 15) is 5.21 Å². The van der Waals surface area contributed by atoms with E-state index in [1.807, 2.05) is 0 Å². The number of rotatable bonds is 1. The molecule has 5 nitrogen and oxygen atoms in total. The van der Waals surface area contributed by atoms with Crippen LogP contribution in [0.15, 0.2) is 5.28 Å². The van der Waals surface area contributed by atoms with Crippen LogP contribution in [-0.4, -0.2) is 29.3 Å². The van der Waals surface area contributed by atoms with E-state index < -0.39 is 0 Å². The number of hydrogen-bond donors (Lipinski definition) is 1. The van der Waals surface area contributed by atoms with Gasteiger partial charge in [-0.15, -0.1) is 0 Å². The Morgan fingerprint density at radius 2 is 2.12 bits per heavy atom. The van der Waals surface area contributed by atoms with Crippen molar-refractivity contribution < 1.29 is 41.2 Å². The third-order valence-corrected chi connectivity index (χ3v) is 0.419. The summed E-state index contributed by atoms with van der Waals surface area (Å²) in [7, 11) is 2.93. The van der Waals surface area contributed by atoms with Crippen molar-refractivity contribution in [2.24, 2.45) is 5.28 Å². The van der Waals surface area contributed by atoms with Crippen molar-refractivity contribution in [3.63, 3.8) is 0 Å². The van der Waals surface area contributed by atoms with Crippen LogP contribution in [0.3, 0.4) is 0 Å². The molecule has 0 saturated heterocycles. The van der Waals surface area contributed by atoms with Crippen LogP contribution >= 0.6 is 0 Å². The second kappa shape index (κ2) is 5.14. The third-order valence-electron chi connectivity index (χ3n) is 0.419. The van der Waals surface area contributed by atoms with Crippen molar-refractivity contribution in [1.82, 2.24) is 5.01 Å². The summed E-state index contributed by atoms with van der Waals surface area (Å²) in [6.07, 6.45) is 0. The number of hydrazine groups is 1. The molecule has 0 unspecified atom stereocenters. The molecule has 0 amide bonds. The Morgan fingerprint density at radius 3 is 2.12 bits per heavy atom. The monoisotopic (exact) mass is 129 g/mol. The first-order valence-corrected chi connectivity index (χ1v) is 1.68. The maximum absolute atomic E-state index is 9.94. The summed E-state index contributed by atoms with van der Waals surface area (Å²) in [5, 5.41) is 21.0. The maximum Gasteiger partial charge on any atom is 1.00 e. The molecule has 0 aromatic carbocycles. The minimum Gasteiger partial charge on any atom is -1.00 e. The van der Waals surface area contributed by atoms with Crippen molar-refractivity contribution in [2.45, 2.75) is 0 Å². The molecular weight excluding hydrogens is 121 g/mol. The van der Waals surface area contributed by atoms with Gasteiger partial charge in [-0.1, -0.05) is 0 Å². The third kappa shape index (κ3) is 4.17. The molecule has 0 spiro atoms. The fraction of sp³-hybridized carbons (Fsp3) is 1.00. The average Bonchev–Trinajstić information content (AvgIpc) is 1.65. The fourth-order valence-electron chi connectivity index (χ4n) is 0.0800. The van der Waals surface area contributed by atoms with E-state index in [1.165, 1.54) is 14.1 Å². The summed E-state index contributed by atoms with van der Waals surface area (Å²) in [6, 6.07) is 0. The topological polar surface area (TPSA) is 61.9 Å². The molecule has 1 N–H and O–H groups in total. The Labute approximate surface area is 70.9 Å². The molecule has 0 aliphatic rings. The molecule has 0 aromatic heterocycles. The van der Waals surface area contributed by atoms with Crippen molar-refractivity contribution in [3.8, 4) is 0 Å². The van der Waals surface area contributed by atoms with Crippen LogP contribution in [0.25, 0.3) is 0 Å². The normalized spacial score (nSPS) is 10.0.